The zero-order chi connectivity index (χ0) is 23.4. The minimum Gasteiger partial charge on any atom is -0.508 e. The van der Waals surface area contributed by atoms with Crippen molar-refractivity contribution in [2.24, 2.45) is 0 Å². The molecular weight excluding hydrogens is 434 g/mol. The van der Waals surface area contributed by atoms with E-state index in [0.717, 1.165) is 23.1 Å². The van der Waals surface area contributed by atoms with E-state index in [0.29, 0.717) is 28.9 Å². The highest BCUT2D eigenvalue weighted by Crippen LogP contribution is 2.30. The Balaban J connectivity index is 1.54. The van der Waals surface area contributed by atoms with Crippen molar-refractivity contribution in [2.45, 2.75) is 39.8 Å². The van der Waals surface area contributed by atoms with E-state index in [1.165, 1.54) is 22.2 Å². The van der Waals surface area contributed by atoms with Crippen LogP contribution in [0.15, 0.2) is 65.0 Å². The lowest BCUT2D eigenvalue weighted by Gasteiger charge is -2.23. The number of phenolic OH excluding ortho intramolecular Hbond substituents is 1. The Morgan fingerprint density at radius 2 is 1.91 bits per heavy atom. The van der Waals surface area contributed by atoms with Crippen LogP contribution in [-0.4, -0.2) is 32.0 Å². The Hall–Kier alpha value is -3.45. The lowest BCUT2D eigenvalue weighted by atomic mass is 10.1. The number of phenols is 1. The molecule has 0 spiro atoms. The first-order valence-electron chi connectivity index (χ1n) is 11.1. The minimum absolute atomic E-state index is 0.0591. The van der Waals surface area contributed by atoms with E-state index in [1.54, 1.807) is 17.0 Å². The van der Waals surface area contributed by atoms with E-state index in [2.05, 4.69) is 4.98 Å². The summed E-state index contributed by atoms with van der Waals surface area (Å²) >= 11 is 1.45. The van der Waals surface area contributed by atoms with Crippen molar-refractivity contribution in [1.82, 2.24) is 14.5 Å². The highest BCUT2D eigenvalue weighted by molar-refractivity contribution is 7.17. The number of para-hydroxylation sites is 1. The van der Waals surface area contributed by atoms with Crippen LogP contribution in [0.5, 0.6) is 5.75 Å². The van der Waals surface area contributed by atoms with Crippen LogP contribution in [0.4, 0.5) is 0 Å². The van der Waals surface area contributed by atoms with Crippen LogP contribution in [0.3, 0.4) is 0 Å². The van der Waals surface area contributed by atoms with Crippen molar-refractivity contribution in [1.29, 1.82) is 0 Å². The number of benzene rings is 2. The third-order valence-corrected chi connectivity index (χ3v) is 6.58. The monoisotopic (exact) mass is 461 g/mol. The van der Waals surface area contributed by atoms with Gasteiger partial charge >= 0.3 is 0 Å². The van der Waals surface area contributed by atoms with Gasteiger partial charge in [-0.05, 0) is 25.0 Å². The number of aromatic hydroxyl groups is 1. The zero-order valence-electron chi connectivity index (χ0n) is 18.8. The molecule has 6 nitrogen and oxygen atoms in total. The molecule has 0 saturated heterocycles. The molecule has 2 aromatic carbocycles. The van der Waals surface area contributed by atoms with Gasteiger partial charge in [0.2, 0.25) is 5.91 Å². The number of carbonyl (C=O) groups is 1. The topological polar surface area (TPSA) is 75.4 Å². The van der Waals surface area contributed by atoms with Gasteiger partial charge in [-0.25, -0.2) is 4.98 Å². The van der Waals surface area contributed by atoms with Gasteiger partial charge in [-0.15, -0.1) is 11.3 Å². The summed E-state index contributed by atoms with van der Waals surface area (Å²) in [5.41, 5.74) is 3.59. The predicted molar refractivity (Wildman–Crippen MR) is 132 cm³/mol. The van der Waals surface area contributed by atoms with E-state index in [4.69, 9.17) is 0 Å². The second-order valence-corrected chi connectivity index (χ2v) is 8.99. The number of amides is 1. The van der Waals surface area contributed by atoms with Crippen LogP contribution in [0.25, 0.3) is 21.3 Å². The van der Waals surface area contributed by atoms with Crippen LogP contribution in [0.1, 0.15) is 30.9 Å². The molecule has 0 aliphatic rings. The quantitative estimate of drug-likeness (QED) is 0.402. The molecule has 0 unspecified atom stereocenters. The summed E-state index contributed by atoms with van der Waals surface area (Å²) in [6, 6.07) is 15.1. The molecule has 0 radical (unpaired) electrons. The number of rotatable bonds is 8. The molecule has 2 aromatic heterocycles. The zero-order valence-corrected chi connectivity index (χ0v) is 19.6. The van der Waals surface area contributed by atoms with Crippen molar-refractivity contribution in [3.05, 3.63) is 81.7 Å². The molecule has 1 amide bonds. The van der Waals surface area contributed by atoms with Gasteiger partial charge in [0.05, 0.1) is 11.7 Å². The Morgan fingerprint density at radius 3 is 2.64 bits per heavy atom. The highest BCUT2D eigenvalue weighted by atomic mass is 32.1. The average molecular weight is 462 g/mol. The molecule has 2 heterocycles. The van der Waals surface area contributed by atoms with Gasteiger partial charge in [0.25, 0.3) is 5.56 Å². The number of aryl methyl sites for hydroxylation is 2. The van der Waals surface area contributed by atoms with Gasteiger partial charge in [-0.3, -0.25) is 14.2 Å². The number of carbonyl (C=O) groups excluding carboxylic acids is 1. The minimum atomic E-state index is -0.132. The molecule has 170 valence electrons. The van der Waals surface area contributed by atoms with E-state index in [1.807, 2.05) is 55.6 Å². The van der Waals surface area contributed by atoms with Gasteiger partial charge in [0.15, 0.2) is 0 Å². The lowest BCUT2D eigenvalue weighted by molar-refractivity contribution is -0.132. The molecule has 0 bridgehead atoms. The molecular formula is C26H27N3O3S. The first-order valence-corrected chi connectivity index (χ1v) is 11.9. The van der Waals surface area contributed by atoms with Gasteiger partial charge in [-0.1, -0.05) is 55.0 Å². The lowest BCUT2D eigenvalue weighted by Crippen LogP contribution is -2.33. The molecule has 33 heavy (non-hydrogen) atoms. The molecule has 0 aliphatic carbocycles. The fourth-order valence-electron chi connectivity index (χ4n) is 3.86. The third-order valence-electron chi connectivity index (χ3n) is 5.69. The summed E-state index contributed by atoms with van der Waals surface area (Å²) < 4.78 is 1.52. The van der Waals surface area contributed by atoms with Crippen molar-refractivity contribution in [2.75, 3.05) is 6.54 Å². The van der Waals surface area contributed by atoms with E-state index in [-0.39, 0.29) is 30.2 Å². The van der Waals surface area contributed by atoms with Gasteiger partial charge < -0.3 is 10.0 Å². The third kappa shape index (κ3) is 4.98. The molecule has 0 aliphatic heterocycles. The van der Waals surface area contributed by atoms with Gasteiger partial charge in [0.1, 0.15) is 10.6 Å². The van der Waals surface area contributed by atoms with Crippen LogP contribution in [-0.2, 0) is 17.9 Å². The van der Waals surface area contributed by atoms with Crippen molar-refractivity contribution in [3.63, 3.8) is 0 Å². The SMILES string of the molecule is CCCN(Cc1ccccc1O)C(=O)CCn1cnc2scc(-c3ccc(C)cc3)c2c1=O. The van der Waals surface area contributed by atoms with Crippen LogP contribution >= 0.6 is 11.3 Å². The number of nitrogens with zero attached hydrogens (tertiary/aromatic N) is 3. The summed E-state index contributed by atoms with van der Waals surface area (Å²) in [5.74, 6) is 0.120. The van der Waals surface area contributed by atoms with E-state index in [9.17, 15) is 14.7 Å². The Bertz CT molecular complexity index is 1320. The summed E-state index contributed by atoms with van der Waals surface area (Å²) in [6.07, 6.45) is 2.52. The number of hydrogen-bond acceptors (Lipinski definition) is 5. The molecule has 0 atom stereocenters. The Morgan fingerprint density at radius 1 is 1.15 bits per heavy atom. The average Bonchev–Trinajstić information content (AvgIpc) is 3.25. The highest BCUT2D eigenvalue weighted by Gasteiger charge is 2.17. The van der Waals surface area contributed by atoms with Crippen LogP contribution in [0.2, 0.25) is 0 Å². The fourth-order valence-corrected chi connectivity index (χ4v) is 4.77. The standard InChI is InChI=1S/C26H27N3O3S/c1-3-13-28(15-20-6-4-5-7-22(20)30)23(31)12-14-29-17-27-25-24(26(29)32)21(16-33-25)19-10-8-18(2)9-11-19/h4-11,16-17,30H,3,12-15H2,1-2H3. The van der Waals surface area contributed by atoms with Crippen molar-refractivity contribution >= 4 is 27.5 Å². The number of aromatic nitrogens is 2. The summed E-state index contributed by atoms with van der Waals surface area (Å²) in [4.78, 5) is 33.1. The van der Waals surface area contributed by atoms with Crippen LogP contribution < -0.4 is 5.56 Å². The largest absolute Gasteiger partial charge is 0.508 e. The number of hydrogen-bond donors (Lipinski definition) is 1. The van der Waals surface area contributed by atoms with Crippen molar-refractivity contribution in [3.8, 4) is 16.9 Å². The summed E-state index contributed by atoms with van der Waals surface area (Å²) in [6.45, 7) is 5.22. The number of thiophene rings is 1. The first kappa shape index (κ1) is 22.7. The maximum absolute atomic E-state index is 13.3. The second-order valence-electron chi connectivity index (χ2n) is 8.13. The smallest absolute Gasteiger partial charge is 0.262 e. The summed E-state index contributed by atoms with van der Waals surface area (Å²) in [7, 11) is 0. The van der Waals surface area contributed by atoms with E-state index >= 15 is 0 Å². The molecule has 0 fully saturated rings. The normalized spacial score (nSPS) is 11.1. The van der Waals surface area contributed by atoms with Crippen molar-refractivity contribution < 1.29 is 9.90 Å². The maximum Gasteiger partial charge on any atom is 0.262 e. The summed E-state index contributed by atoms with van der Waals surface area (Å²) in [5, 5.41) is 12.6. The fraction of sp³-hybridized carbons (Fsp3) is 0.269. The Labute approximate surface area is 196 Å². The number of fused-ring (bicyclic) bond motifs is 1. The van der Waals surface area contributed by atoms with Gasteiger partial charge in [-0.2, -0.15) is 0 Å². The predicted octanol–water partition coefficient (Wildman–Crippen LogP) is 4.97. The Kier molecular flexibility index (Phi) is 6.89. The second kappa shape index (κ2) is 10.0. The molecule has 4 rings (SSSR count). The molecule has 0 saturated carbocycles. The maximum atomic E-state index is 13.3. The molecule has 4 aromatic rings. The van der Waals surface area contributed by atoms with Gasteiger partial charge in [0, 0.05) is 42.6 Å². The van der Waals surface area contributed by atoms with Crippen LogP contribution in [0, 0.1) is 6.92 Å². The van der Waals surface area contributed by atoms with E-state index < -0.39 is 0 Å². The first-order chi connectivity index (χ1) is 16.0. The molecule has 1 N–H and O–H groups in total. The molecule has 7 heteroatoms.